The third-order valence-corrected chi connectivity index (χ3v) is 9.18. The molecule has 0 N–H and O–H groups in total. The van der Waals surface area contributed by atoms with Gasteiger partial charge in [-0.15, -0.1) is 0 Å². The summed E-state index contributed by atoms with van der Waals surface area (Å²) >= 11 is 2.06. The molecule has 0 radical (unpaired) electrons. The average Bonchev–Trinajstić information content (AvgIpc) is 3.00. The Labute approximate surface area is 258 Å². The molecule has 2 unspecified atom stereocenters. The summed E-state index contributed by atoms with van der Waals surface area (Å²) in [5.74, 6) is -1.49. The zero-order chi connectivity index (χ0) is 28.9. The Hall–Kier alpha value is -2.95. The van der Waals surface area contributed by atoms with Crippen molar-refractivity contribution in [2.75, 3.05) is 0 Å². The second-order valence-corrected chi connectivity index (χ2v) is 12.6. The summed E-state index contributed by atoms with van der Waals surface area (Å²) in [5.41, 5.74) is 1.83. The molecule has 2 atom stereocenters. The second-order valence-electron chi connectivity index (χ2n) is 9.63. The van der Waals surface area contributed by atoms with Gasteiger partial charge < -0.3 is 0 Å². The van der Waals surface area contributed by atoms with Gasteiger partial charge in [-0.3, -0.25) is 0 Å². The van der Waals surface area contributed by atoms with Crippen molar-refractivity contribution >= 4 is 51.3 Å². The first kappa shape index (κ1) is 31.0. The third kappa shape index (κ3) is 9.55. The van der Waals surface area contributed by atoms with Crippen molar-refractivity contribution in [3.05, 3.63) is 120 Å². The van der Waals surface area contributed by atoms with Crippen LogP contribution in [-0.2, 0) is 17.2 Å². The minimum absolute atomic E-state index is 0.343. The van der Waals surface area contributed by atoms with Crippen molar-refractivity contribution < 1.29 is 17.2 Å². The molecule has 0 aromatic heterocycles. The number of benzene rings is 4. The molecule has 0 aliphatic heterocycles. The number of carbonyl (C=O) groups is 2. The molecule has 0 bridgehead atoms. The molecule has 0 spiro atoms. The Morgan fingerprint density at radius 3 is 1.37 bits per heavy atom. The standard InChI is InChI=1S/2C17H18O2S.Al/c2*1-2-7-16(17(18)19)13-8-6-11-15(12-13)20-14-9-4-3-5-10-14;/h2*3-6,8-12,16H,2,7H2,1H3,(H,18,19);/q;;+3/p-2. The zero-order valence-corrected chi connectivity index (χ0v) is 26.2. The molecular formula is C34H34AlO4S2+. The van der Waals surface area contributed by atoms with Crippen molar-refractivity contribution in [2.45, 2.75) is 70.9 Å². The normalized spacial score (nSPS) is 12.1. The first-order valence-corrected chi connectivity index (χ1v) is 16.5. The van der Waals surface area contributed by atoms with Crippen LogP contribution in [-0.4, -0.2) is 27.8 Å². The maximum absolute atomic E-state index is 13.2. The molecule has 4 aromatic carbocycles. The fourth-order valence-corrected chi connectivity index (χ4v) is 6.92. The van der Waals surface area contributed by atoms with Crippen LogP contribution >= 0.6 is 23.5 Å². The zero-order valence-electron chi connectivity index (χ0n) is 23.4. The minimum atomic E-state index is -1.26. The third-order valence-electron chi connectivity index (χ3n) is 6.53. The number of hydrogen-bond donors (Lipinski definition) is 0. The van der Waals surface area contributed by atoms with Crippen LogP contribution in [0, 0.1) is 0 Å². The van der Waals surface area contributed by atoms with Crippen LogP contribution in [0.25, 0.3) is 0 Å². The van der Waals surface area contributed by atoms with Gasteiger partial charge in [0.25, 0.3) is 0 Å². The Bertz CT molecular complexity index is 1290. The summed E-state index contributed by atoms with van der Waals surface area (Å²) in [7, 11) is 0. The Morgan fingerprint density at radius 2 is 0.976 bits per heavy atom. The predicted octanol–water partition coefficient (Wildman–Crippen LogP) is 9.08. The van der Waals surface area contributed by atoms with E-state index in [0.29, 0.717) is 12.8 Å². The van der Waals surface area contributed by atoms with Gasteiger partial charge in [0.05, 0.1) is 0 Å². The molecule has 4 aromatic rings. The molecule has 0 aliphatic carbocycles. The van der Waals surface area contributed by atoms with Crippen LogP contribution < -0.4 is 0 Å². The molecule has 0 saturated heterocycles. The molecule has 41 heavy (non-hydrogen) atoms. The van der Waals surface area contributed by atoms with Gasteiger partial charge in [-0.1, -0.05) is 0 Å². The first-order chi connectivity index (χ1) is 20.1. The maximum atomic E-state index is 13.2. The van der Waals surface area contributed by atoms with E-state index in [1.54, 1.807) is 23.5 Å². The van der Waals surface area contributed by atoms with Crippen LogP contribution in [0.4, 0.5) is 0 Å². The summed E-state index contributed by atoms with van der Waals surface area (Å²) < 4.78 is 11.2. The van der Waals surface area contributed by atoms with E-state index >= 15 is 0 Å². The van der Waals surface area contributed by atoms with E-state index in [0.717, 1.165) is 43.6 Å². The van der Waals surface area contributed by atoms with E-state index in [-0.39, 0.29) is 11.9 Å². The van der Waals surface area contributed by atoms with Gasteiger partial charge in [0.1, 0.15) is 0 Å². The molecule has 208 valence electrons. The predicted molar refractivity (Wildman–Crippen MR) is 167 cm³/mol. The Morgan fingerprint density at radius 1 is 0.585 bits per heavy atom. The van der Waals surface area contributed by atoms with Crippen molar-refractivity contribution in [3.8, 4) is 0 Å². The SMILES string of the molecule is CCCC(C(=O)[O][Al+][O]C(=O)C(CCC)c1cccc(Sc2ccccc2)c1)c1cccc(Sc2ccccc2)c1. The molecule has 4 nitrogen and oxygen atoms in total. The summed E-state index contributed by atoms with van der Waals surface area (Å²) in [6.45, 7) is 4.10. The Kier molecular flexibility index (Phi) is 12.5. The van der Waals surface area contributed by atoms with Gasteiger partial charge in [0.2, 0.25) is 0 Å². The average molecular weight is 598 g/mol. The number of hydrogen-bond acceptors (Lipinski definition) is 6. The topological polar surface area (TPSA) is 52.6 Å². The molecule has 4 rings (SSSR count). The summed E-state index contributed by atoms with van der Waals surface area (Å²) in [6.07, 6.45) is 2.99. The molecule has 0 fully saturated rings. The first-order valence-electron chi connectivity index (χ1n) is 14.0. The number of carbonyl (C=O) groups excluding carboxylic acids is 2. The van der Waals surface area contributed by atoms with E-state index < -0.39 is 27.7 Å². The van der Waals surface area contributed by atoms with Gasteiger partial charge in [-0.2, -0.15) is 0 Å². The fraction of sp³-hybridized carbons (Fsp3) is 0.235. The monoisotopic (exact) mass is 597 g/mol. The van der Waals surface area contributed by atoms with E-state index in [4.69, 9.17) is 7.58 Å². The van der Waals surface area contributed by atoms with Gasteiger partial charge >= 0.3 is 260 Å². The van der Waals surface area contributed by atoms with Crippen molar-refractivity contribution in [2.24, 2.45) is 0 Å². The van der Waals surface area contributed by atoms with Crippen LogP contribution in [0.2, 0.25) is 0 Å². The quantitative estimate of drug-likeness (QED) is 0.135. The fourth-order valence-electron chi connectivity index (χ4n) is 4.54. The second kappa shape index (κ2) is 16.5. The Balaban J connectivity index is 1.37. The van der Waals surface area contributed by atoms with E-state index in [1.807, 2.05) is 72.8 Å². The summed E-state index contributed by atoms with van der Waals surface area (Å²) in [4.78, 5) is 30.7. The van der Waals surface area contributed by atoms with Crippen LogP contribution in [0.5, 0.6) is 0 Å². The van der Waals surface area contributed by atoms with Crippen molar-refractivity contribution in [1.29, 1.82) is 0 Å². The molecular weight excluding hydrogens is 563 g/mol. The molecule has 7 heteroatoms. The van der Waals surface area contributed by atoms with Crippen molar-refractivity contribution in [3.63, 3.8) is 0 Å². The molecule has 0 aliphatic rings. The summed E-state index contributed by atoms with van der Waals surface area (Å²) in [5, 5.41) is 0. The number of rotatable bonds is 14. The molecule has 0 saturated carbocycles. The van der Waals surface area contributed by atoms with E-state index in [1.165, 1.54) is 0 Å². The van der Waals surface area contributed by atoms with Gasteiger partial charge in [0, 0.05) is 0 Å². The molecule has 0 amide bonds. The van der Waals surface area contributed by atoms with Gasteiger partial charge in [-0.05, 0) is 0 Å². The van der Waals surface area contributed by atoms with Crippen molar-refractivity contribution in [1.82, 2.24) is 0 Å². The van der Waals surface area contributed by atoms with Gasteiger partial charge in [-0.25, -0.2) is 0 Å². The van der Waals surface area contributed by atoms with Crippen LogP contribution in [0.1, 0.15) is 62.5 Å². The van der Waals surface area contributed by atoms with Crippen LogP contribution in [0.3, 0.4) is 0 Å². The van der Waals surface area contributed by atoms with E-state index in [9.17, 15) is 9.59 Å². The van der Waals surface area contributed by atoms with Crippen LogP contribution in [0.15, 0.2) is 129 Å². The molecule has 0 heterocycles. The van der Waals surface area contributed by atoms with Gasteiger partial charge in [0.15, 0.2) is 0 Å². The van der Waals surface area contributed by atoms with E-state index in [2.05, 4.69) is 50.2 Å². The summed E-state index contributed by atoms with van der Waals surface area (Å²) in [6, 6.07) is 36.4.